The molecule has 0 aromatic heterocycles. The Morgan fingerprint density at radius 2 is 1.17 bits per heavy atom. The molecule has 0 amide bonds. The summed E-state index contributed by atoms with van der Waals surface area (Å²) in [5, 5.41) is 0. The highest BCUT2D eigenvalue weighted by Crippen LogP contribution is 2.18. The normalized spacial score (nSPS) is 11.3. The quantitative estimate of drug-likeness (QED) is 0.278. The standard InChI is InChI=1S/C26H32N2S/c1-27(22-24-12-5-2-6-13-24)19-20-28(23-25-14-7-3-8-15-25)18-11-21-29-26-16-9-4-10-17-26/h2-10,12-17H,11,18-23H2,1H3. The van der Waals surface area contributed by atoms with Crippen molar-refractivity contribution in [3.05, 3.63) is 102 Å². The van der Waals surface area contributed by atoms with E-state index in [1.807, 2.05) is 11.8 Å². The second-order valence-electron chi connectivity index (χ2n) is 7.50. The molecule has 0 heterocycles. The third kappa shape index (κ3) is 8.45. The maximum atomic E-state index is 2.60. The minimum absolute atomic E-state index is 1.00. The van der Waals surface area contributed by atoms with E-state index in [0.717, 1.165) is 38.5 Å². The molecule has 3 aromatic carbocycles. The van der Waals surface area contributed by atoms with Gasteiger partial charge in [-0.2, -0.15) is 0 Å². The summed E-state index contributed by atoms with van der Waals surface area (Å²) in [6.07, 6.45) is 1.20. The van der Waals surface area contributed by atoms with Gasteiger partial charge in [-0.1, -0.05) is 78.9 Å². The molecule has 0 saturated carbocycles. The molecule has 152 valence electrons. The van der Waals surface area contributed by atoms with Crippen molar-refractivity contribution in [3.63, 3.8) is 0 Å². The van der Waals surface area contributed by atoms with E-state index in [4.69, 9.17) is 0 Å². The first kappa shape index (κ1) is 21.6. The summed E-state index contributed by atoms with van der Waals surface area (Å²) in [4.78, 5) is 6.39. The van der Waals surface area contributed by atoms with E-state index in [1.54, 1.807) is 0 Å². The summed E-state index contributed by atoms with van der Waals surface area (Å²) in [5.74, 6) is 1.16. The van der Waals surface area contributed by atoms with Gasteiger partial charge in [0, 0.05) is 31.1 Å². The van der Waals surface area contributed by atoms with Crippen molar-refractivity contribution in [2.24, 2.45) is 0 Å². The lowest BCUT2D eigenvalue weighted by Crippen LogP contribution is -2.33. The zero-order chi connectivity index (χ0) is 20.2. The molecule has 3 rings (SSSR count). The average molecular weight is 405 g/mol. The molecular weight excluding hydrogens is 372 g/mol. The first-order valence-corrected chi connectivity index (χ1v) is 11.4. The molecule has 0 saturated heterocycles. The van der Waals surface area contributed by atoms with Gasteiger partial charge in [-0.3, -0.25) is 4.90 Å². The highest BCUT2D eigenvalue weighted by Gasteiger charge is 2.08. The Bertz CT molecular complexity index is 793. The maximum absolute atomic E-state index is 2.60. The van der Waals surface area contributed by atoms with Crippen LogP contribution in [0.2, 0.25) is 0 Å². The fourth-order valence-electron chi connectivity index (χ4n) is 3.39. The van der Waals surface area contributed by atoms with Crippen molar-refractivity contribution in [1.82, 2.24) is 9.80 Å². The van der Waals surface area contributed by atoms with Crippen LogP contribution in [0.3, 0.4) is 0 Å². The Morgan fingerprint density at radius 3 is 1.79 bits per heavy atom. The van der Waals surface area contributed by atoms with Crippen molar-refractivity contribution in [1.29, 1.82) is 0 Å². The van der Waals surface area contributed by atoms with Crippen molar-refractivity contribution in [2.75, 3.05) is 32.4 Å². The Balaban J connectivity index is 1.47. The molecular formula is C26H32N2S. The van der Waals surface area contributed by atoms with Crippen LogP contribution in [0.25, 0.3) is 0 Å². The summed E-state index contributed by atoms with van der Waals surface area (Å²) in [7, 11) is 2.22. The van der Waals surface area contributed by atoms with Gasteiger partial charge in [0.15, 0.2) is 0 Å². The van der Waals surface area contributed by atoms with Crippen LogP contribution >= 0.6 is 11.8 Å². The van der Waals surface area contributed by atoms with Crippen molar-refractivity contribution >= 4 is 11.8 Å². The maximum Gasteiger partial charge on any atom is 0.0234 e. The highest BCUT2D eigenvalue weighted by atomic mass is 32.2. The van der Waals surface area contributed by atoms with Crippen molar-refractivity contribution in [2.45, 2.75) is 24.4 Å². The summed E-state index contributed by atoms with van der Waals surface area (Å²) < 4.78 is 0. The van der Waals surface area contributed by atoms with E-state index in [0.29, 0.717) is 0 Å². The lowest BCUT2D eigenvalue weighted by molar-refractivity contribution is 0.216. The predicted molar refractivity (Wildman–Crippen MR) is 126 cm³/mol. The van der Waals surface area contributed by atoms with E-state index >= 15 is 0 Å². The van der Waals surface area contributed by atoms with Gasteiger partial charge < -0.3 is 4.90 Å². The lowest BCUT2D eigenvalue weighted by Gasteiger charge is -2.26. The largest absolute Gasteiger partial charge is 0.301 e. The van der Waals surface area contributed by atoms with Crippen molar-refractivity contribution < 1.29 is 0 Å². The van der Waals surface area contributed by atoms with Crippen LogP contribution in [0, 0.1) is 0 Å². The minimum Gasteiger partial charge on any atom is -0.301 e. The summed E-state index contributed by atoms with van der Waals surface area (Å²) >= 11 is 1.96. The number of benzene rings is 3. The molecule has 0 fully saturated rings. The smallest absolute Gasteiger partial charge is 0.0234 e. The Kier molecular flexibility index (Phi) is 9.31. The van der Waals surface area contributed by atoms with E-state index in [1.165, 1.54) is 22.4 Å². The van der Waals surface area contributed by atoms with Crippen LogP contribution in [-0.4, -0.2) is 42.2 Å². The number of thioether (sulfide) groups is 1. The summed E-state index contributed by atoms with van der Waals surface area (Å²) in [6.45, 7) is 5.33. The topological polar surface area (TPSA) is 6.48 Å². The minimum atomic E-state index is 1.00. The van der Waals surface area contributed by atoms with Crippen LogP contribution in [0.4, 0.5) is 0 Å². The molecule has 0 aliphatic heterocycles. The third-order valence-electron chi connectivity index (χ3n) is 4.97. The Hall–Kier alpha value is -2.07. The molecule has 3 aromatic rings. The van der Waals surface area contributed by atoms with Gasteiger partial charge >= 0.3 is 0 Å². The number of hydrogen-bond acceptors (Lipinski definition) is 3. The van der Waals surface area contributed by atoms with Crippen LogP contribution in [-0.2, 0) is 13.1 Å². The zero-order valence-corrected chi connectivity index (χ0v) is 18.2. The molecule has 0 unspecified atom stereocenters. The van der Waals surface area contributed by atoms with Gasteiger partial charge in [0.2, 0.25) is 0 Å². The lowest BCUT2D eigenvalue weighted by atomic mass is 10.2. The van der Waals surface area contributed by atoms with E-state index in [-0.39, 0.29) is 0 Å². The van der Waals surface area contributed by atoms with Crippen LogP contribution in [0.5, 0.6) is 0 Å². The molecule has 0 spiro atoms. The third-order valence-corrected chi connectivity index (χ3v) is 6.07. The fraction of sp³-hybridized carbons (Fsp3) is 0.308. The second kappa shape index (κ2) is 12.5. The van der Waals surface area contributed by atoms with Gasteiger partial charge in [-0.25, -0.2) is 0 Å². The molecule has 0 aliphatic rings. The molecule has 0 aliphatic carbocycles. The number of likely N-dealkylation sites (N-methyl/N-ethyl adjacent to an activating group) is 1. The highest BCUT2D eigenvalue weighted by molar-refractivity contribution is 7.99. The molecule has 2 nitrogen and oxygen atoms in total. The van der Waals surface area contributed by atoms with E-state index < -0.39 is 0 Å². The predicted octanol–water partition coefficient (Wildman–Crippen LogP) is 5.80. The molecule has 0 radical (unpaired) electrons. The monoisotopic (exact) mass is 404 g/mol. The molecule has 0 N–H and O–H groups in total. The SMILES string of the molecule is CN(CCN(CCCSc1ccccc1)Cc1ccccc1)Cc1ccccc1. The molecule has 29 heavy (non-hydrogen) atoms. The molecule has 3 heteroatoms. The molecule has 0 atom stereocenters. The fourth-order valence-corrected chi connectivity index (χ4v) is 4.25. The van der Waals surface area contributed by atoms with Crippen LogP contribution in [0.15, 0.2) is 95.9 Å². The number of rotatable bonds is 12. The van der Waals surface area contributed by atoms with Gasteiger partial charge in [0.05, 0.1) is 0 Å². The van der Waals surface area contributed by atoms with Crippen molar-refractivity contribution in [3.8, 4) is 0 Å². The van der Waals surface area contributed by atoms with Gasteiger partial charge in [0.1, 0.15) is 0 Å². The van der Waals surface area contributed by atoms with Gasteiger partial charge in [-0.15, -0.1) is 11.8 Å². The van der Waals surface area contributed by atoms with E-state index in [2.05, 4.69) is 108 Å². The summed E-state index contributed by atoms with van der Waals surface area (Å²) in [5.41, 5.74) is 2.78. The Morgan fingerprint density at radius 1 is 0.621 bits per heavy atom. The second-order valence-corrected chi connectivity index (χ2v) is 8.67. The van der Waals surface area contributed by atoms with Crippen LogP contribution < -0.4 is 0 Å². The number of nitrogens with zero attached hydrogens (tertiary/aromatic N) is 2. The first-order valence-electron chi connectivity index (χ1n) is 10.5. The average Bonchev–Trinajstić information content (AvgIpc) is 2.77. The first-order chi connectivity index (χ1) is 14.3. The summed E-state index contributed by atoms with van der Waals surface area (Å²) in [6, 6.07) is 32.3. The van der Waals surface area contributed by atoms with Gasteiger partial charge in [-0.05, 0) is 49.0 Å². The van der Waals surface area contributed by atoms with Crippen LogP contribution in [0.1, 0.15) is 17.5 Å². The zero-order valence-electron chi connectivity index (χ0n) is 17.4. The Labute approximate surface area is 180 Å². The van der Waals surface area contributed by atoms with Gasteiger partial charge in [0.25, 0.3) is 0 Å². The molecule has 0 bridgehead atoms. The van der Waals surface area contributed by atoms with E-state index in [9.17, 15) is 0 Å². The number of hydrogen-bond donors (Lipinski definition) is 0.